The SMILES string of the molecule is CN(CC(N)=O)[C@@H]1CCN(c2ccccc2N)C1. The van der Waals surface area contributed by atoms with Crippen molar-refractivity contribution in [3.05, 3.63) is 24.3 Å². The van der Waals surface area contributed by atoms with Crippen LogP contribution in [0.15, 0.2) is 24.3 Å². The van der Waals surface area contributed by atoms with Crippen molar-refractivity contribution in [1.29, 1.82) is 0 Å². The molecular formula is C13H20N4O. The van der Waals surface area contributed by atoms with E-state index in [1.54, 1.807) is 0 Å². The second-order valence-corrected chi connectivity index (χ2v) is 4.83. The van der Waals surface area contributed by atoms with Crippen molar-refractivity contribution < 1.29 is 4.79 Å². The number of hydrogen-bond donors (Lipinski definition) is 2. The molecule has 1 aromatic carbocycles. The molecule has 1 aliphatic rings. The second-order valence-electron chi connectivity index (χ2n) is 4.83. The van der Waals surface area contributed by atoms with E-state index in [0.29, 0.717) is 12.6 Å². The van der Waals surface area contributed by atoms with E-state index in [1.165, 1.54) is 0 Å². The molecule has 1 atom stereocenters. The Hall–Kier alpha value is -1.75. The van der Waals surface area contributed by atoms with Crippen LogP contribution >= 0.6 is 0 Å². The number of carbonyl (C=O) groups excluding carboxylic acids is 1. The number of rotatable bonds is 4. The third kappa shape index (κ3) is 2.73. The summed E-state index contributed by atoms with van der Waals surface area (Å²) >= 11 is 0. The van der Waals surface area contributed by atoms with Crippen LogP contribution in [-0.4, -0.2) is 43.5 Å². The predicted octanol–water partition coefficient (Wildman–Crippen LogP) is 0.265. The van der Waals surface area contributed by atoms with Crippen LogP contribution in [-0.2, 0) is 4.79 Å². The van der Waals surface area contributed by atoms with Crippen LogP contribution in [0.1, 0.15) is 6.42 Å². The van der Waals surface area contributed by atoms with Crippen LogP contribution in [0.2, 0.25) is 0 Å². The molecule has 0 aromatic heterocycles. The number of nitrogens with two attached hydrogens (primary N) is 2. The van der Waals surface area contributed by atoms with Gasteiger partial charge in [-0.05, 0) is 25.6 Å². The van der Waals surface area contributed by atoms with Crippen molar-refractivity contribution in [3.8, 4) is 0 Å². The van der Waals surface area contributed by atoms with Crippen LogP contribution in [0.4, 0.5) is 11.4 Å². The Balaban J connectivity index is 2.00. The summed E-state index contributed by atoms with van der Waals surface area (Å²) in [4.78, 5) is 15.2. The number of para-hydroxylation sites is 2. The number of benzene rings is 1. The summed E-state index contributed by atoms with van der Waals surface area (Å²) in [5, 5.41) is 0. The van der Waals surface area contributed by atoms with Crippen LogP contribution < -0.4 is 16.4 Å². The Labute approximate surface area is 107 Å². The molecule has 0 bridgehead atoms. The minimum absolute atomic E-state index is 0.282. The van der Waals surface area contributed by atoms with Crippen LogP contribution in [0.3, 0.4) is 0 Å². The molecule has 4 N–H and O–H groups in total. The van der Waals surface area contributed by atoms with Crippen molar-refractivity contribution in [3.63, 3.8) is 0 Å². The first kappa shape index (κ1) is 12.7. The molecule has 1 aliphatic heterocycles. The molecule has 1 heterocycles. The van der Waals surface area contributed by atoms with Gasteiger partial charge in [0.1, 0.15) is 0 Å². The van der Waals surface area contributed by atoms with Crippen molar-refractivity contribution in [2.75, 3.05) is 37.3 Å². The van der Waals surface area contributed by atoms with Crippen molar-refractivity contribution in [1.82, 2.24) is 4.90 Å². The minimum Gasteiger partial charge on any atom is -0.397 e. The zero-order chi connectivity index (χ0) is 13.1. The summed E-state index contributed by atoms with van der Waals surface area (Å²) in [7, 11) is 1.94. The molecule has 1 aromatic rings. The standard InChI is InChI=1S/C13H20N4O/c1-16(9-13(15)18)10-6-7-17(8-10)12-5-3-2-4-11(12)14/h2-5,10H,6-9,14H2,1H3,(H2,15,18)/t10-/m1/s1. The lowest BCUT2D eigenvalue weighted by molar-refractivity contribution is -0.119. The fourth-order valence-electron chi connectivity index (χ4n) is 2.47. The van der Waals surface area contributed by atoms with Gasteiger partial charge in [-0.2, -0.15) is 0 Å². The van der Waals surface area contributed by atoms with Crippen molar-refractivity contribution in [2.24, 2.45) is 5.73 Å². The quantitative estimate of drug-likeness (QED) is 0.750. The van der Waals surface area contributed by atoms with Crippen molar-refractivity contribution in [2.45, 2.75) is 12.5 Å². The van der Waals surface area contributed by atoms with Crippen LogP contribution in [0.25, 0.3) is 0 Å². The fraction of sp³-hybridized carbons (Fsp3) is 0.462. The van der Waals surface area contributed by atoms with Gasteiger partial charge >= 0.3 is 0 Å². The molecule has 5 heteroatoms. The smallest absolute Gasteiger partial charge is 0.231 e. The maximum absolute atomic E-state index is 10.9. The van der Waals surface area contributed by atoms with Gasteiger partial charge in [0.25, 0.3) is 0 Å². The monoisotopic (exact) mass is 248 g/mol. The van der Waals surface area contributed by atoms with Crippen LogP contribution in [0.5, 0.6) is 0 Å². The summed E-state index contributed by atoms with van der Waals surface area (Å²) in [6, 6.07) is 8.23. The molecule has 0 aliphatic carbocycles. The highest BCUT2D eigenvalue weighted by atomic mass is 16.1. The number of primary amides is 1. The Morgan fingerprint density at radius 1 is 1.50 bits per heavy atom. The van der Waals surface area contributed by atoms with Gasteiger partial charge in [-0.3, -0.25) is 9.69 Å². The Morgan fingerprint density at radius 3 is 2.89 bits per heavy atom. The highest BCUT2D eigenvalue weighted by molar-refractivity contribution is 5.76. The molecule has 18 heavy (non-hydrogen) atoms. The van der Waals surface area contributed by atoms with Gasteiger partial charge in [-0.15, -0.1) is 0 Å². The molecule has 5 nitrogen and oxygen atoms in total. The molecule has 1 saturated heterocycles. The average Bonchev–Trinajstić information content (AvgIpc) is 2.78. The van der Waals surface area contributed by atoms with Crippen molar-refractivity contribution >= 4 is 17.3 Å². The number of nitrogen functional groups attached to an aromatic ring is 1. The van der Waals surface area contributed by atoms with Gasteiger partial charge in [0.15, 0.2) is 0 Å². The number of likely N-dealkylation sites (N-methyl/N-ethyl adjacent to an activating group) is 1. The molecule has 0 saturated carbocycles. The van der Waals surface area contributed by atoms with E-state index in [9.17, 15) is 4.79 Å². The Morgan fingerprint density at radius 2 is 2.22 bits per heavy atom. The highest BCUT2D eigenvalue weighted by Crippen LogP contribution is 2.27. The summed E-state index contributed by atoms with van der Waals surface area (Å²) in [6.07, 6.45) is 1.03. The summed E-state index contributed by atoms with van der Waals surface area (Å²) in [6.45, 7) is 2.16. The molecule has 1 fully saturated rings. The predicted molar refractivity (Wildman–Crippen MR) is 73.3 cm³/mol. The fourth-order valence-corrected chi connectivity index (χ4v) is 2.47. The first-order valence-electron chi connectivity index (χ1n) is 6.16. The second kappa shape index (κ2) is 5.27. The van der Waals surface area contributed by atoms with Gasteiger partial charge < -0.3 is 16.4 Å². The zero-order valence-electron chi connectivity index (χ0n) is 10.7. The van der Waals surface area contributed by atoms with Gasteiger partial charge in [-0.25, -0.2) is 0 Å². The number of hydrogen-bond acceptors (Lipinski definition) is 4. The topological polar surface area (TPSA) is 75.6 Å². The number of amides is 1. The van der Waals surface area contributed by atoms with E-state index < -0.39 is 0 Å². The highest BCUT2D eigenvalue weighted by Gasteiger charge is 2.27. The van der Waals surface area contributed by atoms with E-state index in [0.717, 1.165) is 30.9 Å². The first-order chi connectivity index (χ1) is 8.58. The Bertz CT molecular complexity index is 435. The third-order valence-electron chi connectivity index (χ3n) is 3.47. The van der Waals surface area contributed by atoms with E-state index >= 15 is 0 Å². The maximum Gasteiger partial charge on any atom is 0.231 e. The Kier molecular flexibility index (Phi) is 3.72. The maximum atomic E-state index is 10.9. The lowest BCUT2D eigenvalue weighted by atomic mass is 10.2. The zero-order valence-corrected chi connectivity index (χ0v) is 10.7. The van der Waals surface area contributed by atoms with E-state index in [2.05, 4.69) is 4.90 Å². The van der Waals surface area contributed by atoms with E-state index in [4.69, 9.17) is 11.5 Å². The number of carbonyl (C=O) groups is 1. The minimum atomic E-state index is -0.282. The first-order valence-corrected chi connectivity index (χ1v) is 6.16. The summed E-state index contributed by atoms with van der Waals surface area (Å²) in [5.41, 5.74) is 13.1. The van der Waals surface area contributed by atoms with E-state index in [1.807, 2.05) is 36.2 Å². The lowest BCUT2D eigenvalue weighted by Crippen LogP contribution is -2.40. The number of nitrogens with zero attached hydrogens (tertiary/aromatic N) is 2. The van der Waals surface area contributed by atoms with Gasteiger partial charge in [0, 0.05) is 19.1 Å². The van der Waals surface area contributed by atoms with E-state index in [-0.39, 0.29) is 5.91 Å². The third-order valence-corrected chi connectivity index (χ3v) is 3.47. The summed E-state index contributed by atoms with van der Waals surface area (Å²) < 4.78 is 0. The van der Waals surface area contributed by atoms with Gasteiger partial charge in [0.05, 0.1) is 17.9 Å². The van der Waals surface area contributed by atoms with Gasteiger partial charge in [0.2, 0.25) is 5.91 Å². The summed E-state index contributed by atoms with van der Waals surface area (Å²) in [5.74, 6) is -0.282. The molecule has 1 amide bonds. The molecule has 2 rings (SSSR count). The molecule has 0 spiro atoms. The largest absolute Gasteiger partial charge is 0.397 e. The van der Waals surface area contributed by atoms with Crippen LogP contribution in [0, 0.1) is 0 Å². The number of anilines is 2. The van der Waals surface area contributed by atoms with Gasteiger partial charge in [-0.1, -0.05) is 12.1 Å². The molecule has 0 unspecified atom stereocenters. The molecule has 0 radical (unpaired) electrons. The molecule has 98 valence electrons. The lowest BCUT2D eigenvalue weighted by Gasteiger charge is -2.24. The average molecular weight is 248 g/mol. The normalized spacial score (nSPS) is 19.4. The molecular weight excluding hydrogens is 228 g/mol.